The summed E-state index contributed by atoms with van der Waals surface area (Å²) in [5, 5.41) is 37.7. The van der Waals surface area contributed by atoms with E-state index in [4.69, 9.17) is 31.2 Å². The highest BCUT2D eigenvalue weighted by atomic mass is 35.5. The first-order valence-electron chi connectivity index (χ1n) is 5.85. The minimum Gasteiger partial charge on any atom is -0.394 e. The van der Waals surface area contributed by atoms with Crippen LogP contribution in [-0.4, -0.2) is 84.2 Å². The third-order valence-corrected chi connectivity index (χ3v) is 2.82. The molecule has 1 heterocycles. The van der Waals surface area contributed by atoms with Gasteiger partial charge in [-0.05, 0) is 0 Å². The van der Waals surface area contributed by atoms with Crippen molar-refractivity contribution in [3.8, 4) is 0 Å². The summed E-state index contributed by atoms with van der Waals surface area (Å²) >= 11 is 4.98. The van der Waals surface area contributed by atoms with E-state index in [0.29, 0.717) is 6.61 Å². The molecule has 1 saturated heterocycles. The van der Waals surface area contributed by atoms with Crippen LogP contribution in [0.3, 0.4) is 0 Å². The average Bonchev–Trinajstić information content (AvgIpc) is 2.42. The highest BCUT2D eigenvalue weighted by Crippen LogP contribution is 2.21. The Labute approximate surface area is 115 Å². The Morgan fingerprint density at radius 3 is 2.26 bits per heavy atom. The van der Waals surface area contributed by atoms with Gasteiger partial charge in [0.1, 0.15) is 24.4 Å². The number of halogens is 1. The second-order valence-corrected chi connectivity index (χ2v) is 4.21. The summed E-state index contributed by atoms with van der Waals surface area (Å²) < 4.78 is 19.6. The van der Waals surface area contributed by atoms with E-state index < -0.39 is 37.3 Å². The highest BCUT2D eigenvalue weighted by Gasteiger charge is 2.43. The predicted octanol–water partition coefficient (Wildman–Crippen LogP) is -2.01. The second kappa shape index (κ2) is 9.01. The van der Waals surface area contributed by atoms with Crippen molar-refractivity contribution in [1.82, 2.24) is 0 Å². The summed E-state index contributed by atoms with van der Waals surface area (Å²) in [4.78, 5) is 0. The zero-order valence-corrected chi connectivity index (χ0v) is 11.0. The van der Waals surface area contributed by atoms with Gasteiger partial charge in [0.05, 0.1) is 44.9 Å². The van der Waals surface area contributed by atoms with E-state index in [-0.39, 0.29) is 19.8 Å². The summed E-state index contributed by atoms with van der Waals surface area (Å²) in [7, 11) is 0. The first-order valence-corrected chi connectivity index (χ1v) is 6.16. The summed E-state index contributed by atoms with van der Waals surface area (Å²) in [6.45, 7) is 0.359. The summed E-state index contributed by atoms with van der Waals surface area (Å²) in [6.07, 6.45) is -6.35. The highest BCUT2D eigenvalue weighted by molar-refractivity contribution is 6.07. The molecule has 0 aromatic carbocycles. The van der Waals surface area contributed by atoms with Gasteiger partial charge in [0.2, 0.25) is 0 Å². The van der Waals surface area contributed by atoms with E-state index in [1.165, 1.54) is 0 Å². The Morgan fingerprint density at radius 2 is 1.63 bits per heavy atom. The van der Waals surface area contributed by atoms with Gasteiger partial charge in [0.15, 0.2) is 6.29 Å². The van der Waals surface area contributed by atoms with Crippen LogP contribution in [0.25, 0.3) is 0 Å². The summed E-state index contributed by atoms with van der Waals surface area (Å²) in [5.41, 5.74) is 0. The van der Waals surface area contributed by atoms with Crippen LogP contribution in [0.15, 0.2) is 0 Å². The molecule has 0 aromatic heterocycles. The molecule has 4 N–H and O–H groups in total. The van der Waals surface area contributed by atoms with Crippen molar-refractivity contribution in [1.29, 1.82) is 0 Å². The van der Waals surface area contributed by atoms with E-state index in [0.717, 1.165) is 0 Å². The second-order valence-electron chi connectivity index (χ2n) is 3.99. The van der Waals surface area contributed by atoms with Gasteiger partial charge in [-0.2, -0.15) is 0 Å². The lowest BCUT2D eigenvalue weighted by atomic mass is 9.99. The molecular formula is C10H19ClO8. The Hall–Kier alpha value is -0.0300. The smallest absolute Gasteiger partial charge is 0.186 e. The number of aliphatic hydroxyl groups excluding tert-OH is 4. The van der Waals surface area contributed by atoms with Crippen molar-refractivity contribution >= 4 is 11.9 Å². The normalized spacial score (nSPS) is 35.5. The fourth-order valence-electron chi connectivity index (χ4n) is 1.62. The zero-order chi connectivity index (χ0) is 14.3. The van der Waals surface area contributed by atoms with Crippen molar-refractivity contribution in [2.45, 2.75) is 30.7 Å². The summed E-state index contributed by atoms with van der Waals surface area (Å²) in [6, 6.07) is 0. The fourth-order valence-corrected chi connectivity index (χ4v) is 1.68. The molecule has 0 aliphatic carbocycles. The maximum absolute atomic E-state index is 9.64. The van der Waals surface area contributed by atoms with Crippen molar-refractivity contribution in [2.24, 2.45) is 0 Å². The molecular weight excluding hydrogens is 284 g/mol. The Balaban J connectivity index is 2.28. The van der Waals surface area contributed by atoms with E-state index in [1.807, 2.05) is 0 Å². The van der Waals surface area contributed by atoms with Crippen molar-refractivity contribution in [3.63, 3.8) is 0 Å². The Morgan fingerprint density at radius 1 is 0.947 bits per heavy atom. The maximum Gasteiger partial charge on any atom is 0.186 e. The molecule has 0 radical (unpaired) electrons. The van der Waals surface area contributed by atoms with Gasteiger partial charge in [-0.1, -0.05) is 0 Å². The molecule has 0 amide bonds. The van der Waals surface area contributed by atoms with Gasteiger partial charge < -0.3 is 34.6 Å². The van der Waals surface area contributed by atoms with Crippen LogP contribution >= 0.6 is 11.9 Å². The molecule has 114 valence electrons. The maximum atomic E-state index is 9.64. The number of hydrogen-bond donors (Lipinski definition) is 4. The Kier molecular flexibility index (Phi) is 8.07. The first kappa shape index (κ1) is 17.0. The lowest BCUT2D eigenvalue weighted by molar-refractivity contribution is -0.302. The number of rotatable bonds is 8. The molecule has 9 heteroatoms. The van der Waals surface area contributed by atoms with Gasteiger partial charge in [-0.3, -0.25) is 4.29 Å². The van der Waals surface area contributed by atoms with Gasteiger partial charge >= 0.3 is 0 Å². The van der Waals surface area contributed by atoms with Gasteiger partial charge in [0, 0.05) is 0 Å². The quantitative estimate of drug-likeness (QED) is 0.380. The number of ether oxygens (including phenoxy) is 3. The lowest BCUT2D eigenvalue weighted by Crippen LogP contribution is -2.59. The molecule has 1 fully saturated rings. The molecule has 0 bridgehead atoms. The van der Waals surface area contributed by atoms with Crippen LogP contribution in [0.2, 0.25) is 0 Å². The van der Waals surface area contributed by atoms with Crippen LogP contribution in [0.1, 0.15) is 0 Å². The molecule has 0 saturated carbocycles. The molecule has 0 aromatic rings. The Bertz CT molecular complexity index is 242. The van der Waals surface area contributed by atoms with E-state index in [2.05, 4.69) is 4.29 Å². The standard InChI is InChI=1S/C10H19ClO8/c11-18-4-2-16-1-3-17-10-9(15)8(14)7(13)6(5-12)19-10/h6-10,12-15H,1-5H2/t6?,7-,8+,9?,10+/m1/s1. The lowest BCUT2D eigenvalue weighted by Gasteiger charge is -2.39. The molecule has 2 unspecified atom stereocenters. The van der Waals surface area contributed by atoms with E-state index in [9.17, 15) is 15.3 Å². The SMILES string of the molecule is OCC1O[C@H](OCCOCCOCl)C(O)[C@@H](O)[C@@H]1O. The molecule has 0 spiro atoms. The third kappa shape index (κ3) is 5.10. The fraction of sp³-hybridized carbons (Fsp3) is 1.00. The van der Waals surface area contributed by atoms with Crippen LogP contribution in [0, 0.1) is 0 Å². The molecule has 8 nitrogen and oxygen atoms in total. The zero-order valence-electron chi connectivity index (χ0n) is 10.2. The van der Waals surface area contributed by atoms with Crippen LogP contribution in [0.5, 0.6) is 0 Å². The minimum atomic E-state index is -1.44. The van der Waals surface area contributed by atoms with E-state index in [1.54, 1.807) is 0 Å². The molecule has 1 rings (SSSR count). The molecule has 19 heavy (non-hydrogen) atoms. The topological polar surface area (TPSA) is 118 Å². The van der Waals surface area contributed by atoms with Crippen LogP contribution in [0.4, 0.5) is 0 Å². The number of hydrogen-bond acceptors (Lipinski definition) is 8. The molecule has 1 aliphatic rings. The molecule has 1 aliphatic heterocycles. The monoisotopic (exact) mass is 302 g/mol. The van der Waals surface area contributed by atoms with Crippen molar-refractivity contribution in [3.05, 3.63) is 0 Å². The predicted molar refractivity (Wildman–Crippen MR) is 62.3 cm³/mol. The molecule has 5 atom stereocenters. The van der Waals surface area contributed by atoms with E-state index >= 15 is 0 Å². The third-order valence-electron chi connectivity index (χ3n) is 2.66. The average molecular weight is 303 g/mol. The van der Waals surface area contributed by atoms with Gasteiger partial charge in [-0.15, -0.1) is 0 Å². The van der Waals surface area contributed by atoms with Crippen LogP contribution < -0.4 is 0 Å². The number of aliphatic hydroxyl groups is 4. The summed E-state index contributed by atoms with van der Waals surface area (Å²) in [5.74, 6) is 0. The van der Waals surface area contributed by atoms with Gasteiger partial charge in [-0.25, -0.2) is 0 Å². The first-order chi connectivity index (χ1) is 9.11. The van der Waals surface area contributed by atoms with Crippen LogP contribution in [-0.2, 0) is 18.5 Å². The minimum absolute atomic E-state index is 0.102. The van der Waals surface area contributed by atoms with Gasteiger partial charge in [0.25, 0.3) is 0 Å². The van der Waals surface area contributed by atoms with Crippen molar-refractivity contribution in [2.75, 3.05) is 33.0 Å². The van der Waals surface area contributed by atoms with Crippen molar-refractivity contribution < 1.29 is 38.9 Å². The largest absolute Gasteiger partial charge is 0.394 e.